The van der Waals surface area contributed by atoms with E-state index in [1.807, 2.05) is 54.6 Å². The second-order valence-electron chi connectivity index (χ2n) is 4.25. The molecule has 0 aliphatic rings. The topological polar surface area (TPSA) is 35.5 Å². The van der Waals surface area contributed by atoms with Gasteiger partial charge in [0.2, 0.25) is 0 Å². The van der Waals surface area contributed by atoms with E-state index in [1.165, 1.54) is 7.11 Å². The molecule has 0 bridgehead atoms. The fourth-order valence-corrected chi connectivity index (χ4v) is 2.30. The number of hydrogen-bond acceptors (Lipinski definition) is 3. The quantitative estimate of drug-likeness (QED) is 0.613. The molecule has 0 spiro atoms. The molecule has 1 atom stereocenters. The van der Waals surface area contributed by atoms with Crippen LogP contribution in [0.1, 0.15) is 5.56 Å². The molecule has 2 rings (SSSR count). The fourth-order valence-electron chi connectivity index (χ4n) is 1.74. The maximum Gasteiger partial charge on any atom is 0.319 e. The van der Waals surface area contributed by atoms with Gasteiger partial charge in [-0.05, 0) is 36.2 Å². The zero-order valence-electron chi connectivity index (χ0n) is 11.1. The first-order valence-corrected chi connectivity index (χ1v) is 7.14. The van der Waals surface area contributed by atoms with Gasteiger partial charge in [0.05, 0.1) is 7.11 Å². The lowest BCUT2D eigenvalue weighted by atomic mass is 10.1. The summed E-state index contributed by atoms with van der Waals surface area (Å²) in [5.41, 5.74) is 1.04. The predicted molar refractivity (Wildman–Crippen MR) is 81.4 cm³/mol. The van der Waals surface area contributed by atoms with Crippen molar-refractivity contribution < 1.29 is 14.3 Å². The molecular weight excluding hydrogens is 320 g/mol. The van der Waals surface area contributed by atoms with Gasteiger partial charge < -0.3 is 9.47 Å². The van der Waals surface area contributed by atoms with Crippen LogP contribution in [0.25, 0.3) is 0 Å². The van der Waals surface area contributed by atoms with Gasteiger partial charge in [-0.1, -0.05) is 46.3 Å². The van der Waals surface area contributed by atoms with Crippen LogP contribution in [0.3, 0.4) is 0 Å². The molecule has 2 aromatic rings. The Labute approximate surface area is 126 Å². The number of methoxy groups -OCH3 is 1. The van der Waals surface area contributed by atoms with E-state index in [9.17, 15) is 4.79 Å². The van der Waals surface area contributed by atoms with Crippen molar-refractivity contribution in [1.29, 1.82) is 0 Å². The summed E-state index contributed by atoms with van der Waals surface area (Å²) in [5, 5.41) is 0. The van der Waals surface area contributed by atoms with E-state index >= 15 is 0 Å². The lowest BCUT2D eigenvalue weighted by Crippen LogP contribution is -2.17. The Hall–Kier alpha value is -1.81. The SMILES string of the molecule is COC(=O)C(Br)Cc1ccc(Oc2ccccc2)cc1. The van der Waals surface area contributed by atoms with Crippen LogP contribution < -0.4 is 4.74 Å². The number of rotatable bonds is 5. The standard InChI is InChI=1S/C16H15BrO3/c1-19-16(18)15(17)11-12-7-9-14(10-8-12)20-13-5-3-2-4-6-13/h2-10,15H,11H2,1H3. The number of benzene rings is 2. The van der Waals surface area contributed by atoms with Crippen LogP contribution in [0.5, 0.6) is 11.5 Å². The number of para-hydroxylation sites is 1. The number of esters is 1. The summed E-state index contributed by atoms with van der Waals surface area (Å²) in [5.74, 6) is 1.30. The summed E-state index contributed by atoms with van der Waals surface area (Å²) >= 11 is 3.31. The van der Waals surface area contributed by atoms with Crippen molar-refractivity contribution in [3.8, 4) is 11.5 Å². The van der Waals surface area contributed by atoms with Crippen molar-refractivity contribution in [1.82, 2.24) is 0 Å². The highest BCUT2D eigenvalue weighted by Gasteiger charge is 2.15. The van der Waals surface area contributed by atoms with Crippen LogP contribution in [0.15, 0.2) is 54.6 Å². The number of carbonyl (C=O) groups excluding carboxylic acids is 1. The van der Waals surface area contributed by atoms with Crippen molar-refractivity contribution in [3.05, 3.63) is 60.2 Å². The number of halogens is 1. The minimum Gasteiger partial charge on any atom is -0.468 e. The Bertz CT molecular complexity index is 552. The monoisotopic (exact) mass is 334 g/mol. The second kappa shape index (κ2) is 7.10. The number of alkyl halides is 1. The molecule has 0 N–H and O–H groups in total. The molecule has 2 aromatic carbocycles. The summed E-state index contributed by atoms with van der Waals surface area (Å²) in [6.07, 6.45) is 0.582. The van der Waals surface area contributed by atoms with Gasteiger partial charge in [-0.25, -0.2) is 0 Å². The molecule has 0 heterocycles. The highest BCUT2D eigenvalue weighted by molar-refractivity contribution is 9.10. The summed E-state index contributed by atoms with van der Waals surface area (Å²) < 4.78 is 10.4. The van der Waals surface area contributed by atoms with Crippen LogP contribution in [0.4, 0.5) is 0 Å². The highest BCUT2D eigenvalue weighted by atomic mass is 79.9. The predicted octanol–water partition coefficient (Wildman–Crippen LogP) is 3.96. The third-order valence-electron chi connectivity index (χ3n) is 2.77. The molecule has 0 fully saturated rings. The molecule has 0 saturated carbocycles. The Morgan fingerprint density at radius 2 is 1.65 bits per heavy atom. The normalized spacial score (nSPS) is 11.7. The molecule has 4 heteroatoms. The summed E-state index contributed by atoms with van der Waals surface area (Å²) in [4.78, 5) is 11.0. The van der Waals surface area contributed by atoms with Crippen LogP contribution in [-0.4, -0.2) is 17.9 Å². The molecule has 0 amide bonds. The third-order valence-corrected chi connectivity index (χ3v) is 3.47. The van der Waals surface area contributed by atoms with Crippen molar-refractivity contribution in [2.24, 2.45) is 0 Å². The summed E-state index contributed by atoms with van der Waals surface area (Å²) in [7, 11) is 1.38. The van der Waals surface area contributed by atoms with Crippen LogP contribution in [-0.2, 0) is 16.0 Å². The average Bonchev–Trinajstić information content (AvgIpc) is 2.49. The van der Waals surface area contributed by atoms with E-state index < -0.39 is 0 Å². The Balaban J connectivity index is 1.98. The molecule has 0 aromatic heterocycles. The van der Waals surface area contributed by atoms with Gasteiger partial charge in [0, 0.05) is 0 Å². The molecular formula is C16H15BrO3. The zero-order chi connectivity index (χ0) is 14.4. The molecule has 104 valence electrons. The van der Waals surface area contributed by atoms with Crippen molar-refractivity contribution >= 4 is 21.9 Å². The molecule has 0 aliphatic heterocycles. The van der Waals surface area contributed by atoms with Crippen molar-refractivity contribution in [2.75, 3.05) is 7.11 Å². The summed E-state index contributed by atoms with van der Waals surface area (Å²) in [6.45, 7) is 0. The average molecular weight is 335 g/mol. The van der Waals surface area contributed by atoms with Gasteiger partial charge in [-0.15, -0.1) is 0 Å². The minimum atomic E-state index is -0.326. The van der Waals surface area contributed by atoms with Gasteiger partial charge in [-0.3, -0.25) is 4.79 Å². The molecule has 0 radical (unpaired) electrons. The zero-order valence-corrected chi connectivity index (χ0v) is 12.7. The van der Waals surface area contributed by atoms with E-state index in [0.717, 1.165) is 17.1 Å². The van der Waals surface area contributed by atoms with Crippen LogP contribution in [0, 0.1) is 0 Å². The first-order chi connectivity index (χ1) is 9.69. The molecule has 3 nitrogen and oxygen atoms in total. The van der Waals surface area contributed by atoms with Gasteiger partial charge in [0.1, 0.15) is 16.3 Å². The van der Waals surface area contributed by atoms with Gasteiger partial charge in [0.25, 0.3) is 0 Å². The van der Waals surface area contributed by atoms with Crippen LogP contribution >= 0.6 is 15.9 Å². The van der Waals surface area contributed by atoms with Gasteiger partial charge in [-0.2, -0.15) is 0 Å². The Morgan fingerprint density at radius 1 is 1.05 bits per heavy atom. The molecule has 0 saturated heterocycles. The molecule has 20 heavy (non-hydrogen) atoms. The van der Waals surface area contributed by atoms with E-state index in [4.69, 9.17) is 4.74 Å². The molecule has 1 unspecified atom stereocenters. The lowest BCUT2D eigenvalue weighted by molar-refractivity contribution is -0.139. The maximum absolute atomic E-state index is 11.3. The molecule has 0 aliphatic carbocycles. The smallest absolute Gasteiger partial charge is 0.319 e. The van der Waals surface area contributed by atoms with E-state index in [2.05, 4.69) is 20.7 Å². The highest BCUT2D eigenvalue weighted by Crippen LogP contribution is 2.22. The summed E-state index contributed by atoms with van der Waals surface area (Å²) in [6, 6.07) is 17.3. The first kappa shape index (κ1) is 14.6. The van der Waals surface area contributed by atoms with Gasteiger partial charge in [0.15, 0.2) is 0 Å². The first-order valence-electron chi connectivity index (χ1n) is 6.23. The number of hydrogen-bond donors (Lipinski definition) is 0. The minimum absolute atomic E-state index is 0.269. The van der Waals surface area contributed by atoms with E-state index in [-0.39, 0.29) is 10.8 Å². The Kier molecular flexibility index (Phi) is 5.18. The van der Waals surface area contributed by atoms with E-state index in [0.29, 0.717) is 6.42 Å². The largest absolute Gasteiger partial charge is 0.468 e. The number of ether oxygens (including phenoxy) is 2. The van der Waals surface area contributed by atoms with E-state index in [1.54, 1.807) is 0 Å². The van der Waals surface area contributed by atoms with Crippen molar-refractivity contribution in [3.63, 3.8) is 0 Å². The Morgan fingerprint density at radius 3 is 2.25 bits per heavy atom. The maximum atomic E-state index is 11.3. The second-order valence-corrected chi connectivity index (χ2v) is 5.36. The van der Waals surface area contributed by atoms with Gasteiger partial charge >= 0.3 is 5.97 Å². The lowest BCUT2D eigenvalue weighted by Gasteiger charge is -2.09. The third kappa shape index (κ3) is 4.10. The fraction of sp³-hybridized carbons (Fsp3) is 0.188. The number of carbonyl (C=O) groups is 1. The van der Waals surface area contributed by atoms with Crippen LogP contribution in [0.2, 0.25) is 0 Å². The van der Waals surface area contributed by atoms with Crippen molar-refractivity contribution in [2.45, 2.75) is 11.2 Å².